The SMILES string of the molecule is CC(=Nc1ccc(C)cc1)c1c(C)nn(CCCC(=O)NCCc2ccc(C(=O)NCCOCCOCCOCCOc3c(Br)cc(/C=C4\C(=O)Nc5ccc(C)cc54)cc3Br)cc2)c(=O)c1N. The molecule has 1 aromatic heterocycles. The molecule has 0 bridgehead atoms. The van der Waals surface area contributed by atoms with E-state index in [1.165, 1.54) is 4.68 Å². The summed E-state index contributed by atoms with van der Waals surface area (Å²) in [4.78, 5) is 55.4. The van der Waals surface area contributed by atoms with Crippen molar-refractivity contribution >= 4 is 84.0 Å². The number of aromatic nitrogens is 2. The Labute approximate surface area is 413 Å². The number of carbonyl (C=O) groups is 3. The molecule has 0 radical (unpaired) electrons. The van der Waals surface area contributed by atoms with Gasteiger partial charge < -0.3 is 40.6 Å². The molecule has 0 unspecified atom stereocenters. The highest BCUT2D eigenvalue weighted by molar-refractivity contribution is 9.11. The van der Waals surface area contributed by atoms with Crippen molar-refractivity contribution in [1.29, 1.82) is 0 Å². The second-order valence-electron chi connectivity index (χ2n) is 16.2. The number of hydrogen-bond acceptors (Lipinski definition) is 11. The fraction of sp³-hybridized carbons (Fsp3) is 0.333. The van der Waals surface area contributed by atoms with Gasteiger partial charge in [-0.05, 0) is 138 Å². The van der Waals surface area contributed by atoms with Gasteiger partial charge in [0.15, 0.2) is 0 Å². The smallest absolute Gasteiger partial charge is 0.290 e. The number of rotatable bonds is 24. The number of anilines is 2. The lowest BCUT2D eigenvalue weighted by atomic mass is 10.0. The number of benzene rings is 4. The van der Waals surface area contributed by atoms with Gasteiger partial charge in [-0.15, -0.1) is 0 Å². The van der Waals surface area contributed by atoms with E-state index in [1.54, 1.807) is 26.0 Å². The molecule has 0 saturated heterocycles. The molecule has 5 aromatic rings. The van der Waals surface area contributed by atoms with Crippen LogP contribution in [0.3, 0.4) is 0 Å². The highest BCUT2D eigenvalue weighted by Gasteiger charge is 2.24. The van der Waals surface area contributed by atoms with Gasteiger partial charge >= 0.3 is 0 Å². The van der Waals surface area contributed by atoms with Crippen LogP contribution in [0.4, 0.5) is 17.1 Å². The number of hydrogen-bond donors (Lipinski definition) is 4. The van der Waals surface area contributed by atoms with E-state index in [0.29, 0.717) is 106 Å². The highest BCUT2D eigenvalue weighted by atomic mass is 79.9. The molecule has 2 heterocycles. The van der Waals surface area contributed by atoms with Crippen molar-refractivity contribution in [3.05, 3.63) is 143 Å². The number of carbonyl (C=O) groups excluding carboxylic acids is 3. The predicted molar refractivity (Wildman–Crippen MR) is 273 cm³/mol. The third-order valence-corrected chi connectivity index (χ3v) is 12.0. The number of amides is 3. The minimum absolute atomic E-state index is 0.0854. The number of ether oxygens (including phenoxy) is 4. The lowest BCUT2D eigenvalue weighted by Crippen LogP contribution is -2.30. The van der Waals surface area contributed by atoms with E-state index in [9.17, 15) is 19.2 Å². The van der Waals surface area contributed by atoms with Gasteiger partial charge in [0.2, 0.25) is 5.91 Å². The van der Waals surface area contributed by atoms with Crippen LogP contribution in [0.2, 0.25) is 0 Å². The van der Waals surface area contributed by atoms with E-state index in [-0.39, 0.29) is 36.4 Å². The third-order valence-electron chi connectivity index (χ3n) is 10.8. The number of nitrogens with one attached hydrogen (secondary N) is 3. The van der Waals surface area contributed by atoms with Crippen LogP contribution in [0.15, 0.2) is 97.6 Å². The van der Waals surface area contributed by atoms with E-state index < -0.39 is 5.56 Å². The molecule has 5 N–H and O–H groups in total. The average molecular weight is 1060 g/mol. The van der Waals surface area contributed by atoms with E-state index >= 15 is 0 Å². The van der Waals surface area contributed by atoms with E-state index in [0.717, 1.165) is 48.1 Å². The predicted octanol–water partition coefficient (Wildman–Crippen LogP) is 7.91. The first-order valence-electron chi connectivity index (χ1n) is 22.4. The number of halogens is 2. The summed E-state index contributed by atoms with van der Waals surface area (Å²) in [5.41, 5.74) is 15.3. The Kier molecular flexibility index (Phi) is 19.2. The summed E-state index contributed by atoms with van der Waals surface area (Å²) in [7, 11) is 0. The molecule has 0 atom stereocenters. The Morgan fingerprint density at radius 3 is 2.15 bits per heavy atom. The van der Waals surface area contributed by atoms with Crippen LogP contribution >= 0.6 is 31.9 Å². The zero-order valence-corrected chi connectivity index (χ0v) is 41.9. The maximum atomic E-state index is 13.0. The van der Waals surface area contributed by atoms with Crippen LogP contribution in [0.25, 0.3) is 11.6 Å². The van der Waals surface area contributed by atoms with E-state index in [2.05, 4.69) is 57.9 Å². The van der Waals surface area contributed by atoms with Crippen LogP contribution in [0.5, 0.6) is 5.75 Å². The van der Waals surface area contributed by atoms with Crippen LogP contribution in [0, 0.1) is 20.8 Å². The molecule has 1 aliphatic heterocycles. The van der Waals surface area contributed by atoms with Crippen molar-refractivity contribution < 1.29 is 33.3 Å². The second kappa shape index (κ2) is 25.4. The van der Waals surface area contributed by atoms with Gasteiger partial charge in [0, 0.05) is 59.7 Å². The number of aryl methyl sites for hydroxylation is 4. The third kappa shape index (κ3) is 14.8. The summed E-state index contributed by atoms with van der Waals surface area (Å²) in [6, 6.07) is 24.7. The van der Waals surface area contributed by atoms with Gasteiger partial charge in [0.1, 0.15) is 18.0 Å². The monoisotopic (exact) mass is 1050 g/mol. The van der Waals surface area contributed by atoms with Gasteiger partial charge in [-0.1, -0.05) is 41.5 Å². The molecule has 358 valence electrons. The van der Waals surface area contributed by atoms with Crippen molar-refractivity contribution in [2.24, 2.45) is 4.99 Å². The zero-order valence-electron chi connectivity index (χ0n) is 38.7. The molecule has 0 spiro atoms. The molecule has 3 amide bonds. The minimum atomic E-state index is -0.410. The van der Waals surface area contributed by atoms with Gasteiger partial charge in [-0.3, -0.25) is 24.2 Å². The van der Waals surface area contributed by atoms with Crippen LogP contribution < -0.4 is 32.0 Å². The number of nitrogen functional groups attached to an aromatic ring is 1. The fourth-order valence-corrected chi connectivity index (χ4v) is 8.79. The van der Waals surface area contributed by atoms with Gasteiger partial charge in [-0.2, -0.15) is 5.10 Å². The summed E-state index contributed by atoms with van der Waals surface area (Å²) in [6.45, 7) is 11.2. The summed E-state index contributed by atoms with van der Waals surface area (Å²) < 4.78 is 25.6. The molecular formula is C51H57Br2N7O8. The first-order valence-corrected chi connectivity index (χ1v) is 24.0. The van der Waals surface area contributed by atoms with Crippen LogP contribution in [-0.4, -0.2) is 92.6 Å². The topological polar surface area (TPSA) is 197 Å². The molecular weight excluding hydrogens is 998 g/mol. The van der Waals surface area contributed by atoms with Crippen molar-refractivity contribution in [2.75, 3.05) is 70.4 Å². The Bertz CT molecular complexity index is 2680. The first kappa shape index (κ1) is 51.4. The zero-order chi connectivity index (χ0) is 48.6. The Morgan fingerprint density at radius 2 is 1.46 bits per heavy atom. The molecule has 15 nitrogen and oxygen atoms in total. The quantitative estimate of drug-likeness (QED) is 0.0268. The van der Waals surface area contributed by atoms with Crippen LogP contribution in [-0.2, 0) is 36.8 Å². The maximum absolute atomic E-state index is 13.0. The van der Waals surface area contributed by atoms with Crippen molar-refractivity contribution in [1.82, 2.24) is 20.4 Å². The Morgan fingerprint density at radius 1 is 0.809 bits per heavy atom. The van der Waals surface area contributed by atoms with Gasteiger partial charge in [0.25, 0.3) is 17.4 Å². The Hall–Kier alpha value is -5.98. The summed E-state index contributed by atoms with van der Waals surface area (Å²) >= 11 is 7.18. The number of aliphatic imine (C=N–C) groups is 1. The highest BCUT2D eigenvalue weighted by Crippen LogP contribution is 2.38. The van der Waals surface area contributed by atoms with Crippen molar-refractivity contribution in [3.8, 4) is 5.75 Å². The number of nitrogens with two attached hydrogens (primary N) is 1. The normalized spacial score (nSPS) is 12.8. The number of fused-ring (bicyclic) bond motifs is 1. The summed E-state index contributed by atoms with van der Waals surface area (Å²) in [5.74, 6) is 0.173. The standard InChI is InChI=1S/C51H57Br2N7O8/c1-32-7-14-39(15-8-32)57-34(3)46-35(4)59-60(51(64)47(46)54)20-5-6-45(61)55-18-17-36-10-12-38(13-11-36)49(62)56-19-21-65-22-23-66-24-25-67-26-27-68-48-42(52)30-37(31-43(48)53)29-41-40-28-33(2)9-16-44(40)58-50(41)63/h7-16,28-31H,5-6,17-27,54H2,1-4H3,(H,55,61)(H,56,62)(H,58,63)/b41-29-,57-34?. The molecule has 0 aliphatic carbocycles. The van der Waals surface area contributed by atoms with Gasteiger partial charge in [-0.25, -0.2) is 4.68 Å². The molecule has 17 heteroatoms. The maximum Gasteiger partial charge on any atom is 0.290 e. The van der Waals surface area contributed by atoms with Crippen molar-refractivity contribution in [3.63, 3.8) is 0 Å². The second-order valence-corrected chi connectivity index (χ2v) is 17.9. The molecule has 6 rings (SSSR count). The fourth-order valence-electron chi connectivity index (χ4n) is 7.34. The lowest BCUT2D eigenvalue weighted by molar-refractivity contribution is -0.121. The number of nitrogens with zero attached hydrogens (tertiary/aromatic N) is 3. The molecule has 68 heavy (non-hydrogen) atoms. The van der Waals surface area contributed by atoms with Crippen LogP contribution in [0.1, 0.15) is 69.2 Å². The minimum Gasteiger partial charge on any atom is -0.489 e. The largest absolute Gasteiger partial charge is 0.489 e. The molecule has 0 saturated carbocycles. The molecule has 0 fully saturated rings. The first-order chi connectivity index (χ1) is 32.8. The van der Waals surface area contributed by atoms with Gasteiger partial charge in [0.05, 0.1) is 60.0 Å². The van der Waals surface area contributed by atoms with E-state index in [1.807, 2.05) is 86.7 Å². The Balaban J connectivity index is 0.773. The summed E-state index contributed by atoms with van der Waals surface area (Å²) in [6.07, 6.45) is 3.10. The molecule has 4 aromatic carbocycles. The van der Waals surface area contributed by atoms with Crippen molar-refractivity contribution in [2.45, 2.75) is 53.5 Å². The lowest BCUT2D eigenvalue weighted by Gasteiger charge is -2.13. The summed E-state index contributed by atoms with van der Waals surface area (Å²) in [5, 5.41) is 13.1. The molecule has 1 aliphatic rings. The van der Waals surface area contributed by atoms with E-state index in [4.69, 9.17) is 24.7 Å². The average Bonchev–Trinajstić information content (AvgIpc) is 3.61.